The number of nitrogen functional groups attached to an aromatic ring is 1. The number of amides is 1. The molecule has 0 fully saturated rings. The van der Waals surface area contributed by atoms with E-state index in [1.807, 2.05) is 20.8 Å². The summed E-state index contributed by atoms with van der Waals surface area (Å²) in [6.45, 7) is 6.00. The van der Waals surface area contributed by atoms with Crippen LogP contribution in [0.1, 0.15) is 48.7 Å². The molecule has 0 saturated carbocycles. The van der Waals surface area contributed by atoms with Crippen molar-refractivity contribution in [3.8, 4) is 6.07 Å². The molecule has 3 aromatic rings. The average molecular weight is 438 g/mol. The second-order valence-electron chi connectivity index (χ2n) is 7.62. The Morgan fingerprint density at radius 3 is 2.72 bits per heavy atom. The normalized spacial score (nSPS) is 11.0. The summed E-state index contributed by atoms with van der Waals surface area (Å²) in [6, 6.07) is 2.06. The van der Waals surface area contributed by atoms with Gasteiger partial charge in [0.05, 0.1) is 6.20 Å². The Kier molecular flexibility index (Phi) is 6.43. The predicted molar refractivity (Wildman–Crippen MR) is 120 cm³/mol. The Labute approximate surface area is 184 Å². The number of unbranched alkanes of at least 4 members (excludes halogenated alkanes) is 1. The van der Waals surface area contributed by atoms with Crippen LogP contribution in [0, 0.1) is 25.2 Å². The molecule has 11 heteroatoms. The zero-order valence-corrected chi connectivity index (χ0v) is 18.6. The molecule has 3 aromatic heterocycles. The number of aryl methyl sites for hydroxylation is 2. The van der Waals surface area contributed by atoms with Crippen LogP contribution in [0.25, 0.3) is 5.65 Å². The summed E-state index contributed by atoms with van der Waals surface area (Å²) in [5, 5.41) is 13.4. The van der Waals surface area contributed by atoms with Crippen molar-refractivity contribution in [1.82, 2.24) is 24.1 Å². The quantitative estimate of drug-likeness (QED) is 0.558. The van der Waals surface area contributed by atoms with Gasteiger partial charge in [-0.15, -0.1) is 0 Å². The van der Waals surface area contributed by atoms with Gasteiger partial charge in [-0.25, -0.2) is 14.3 Å². The average Bonchev–Trinajstić information content (AvgIpc) is 3.15. The molecule has 0 spiro atoms. The third kappa shape index (κ3) is 3.99. The fraction of sp³-hybridized carbons (Fsp3) is 0.429. The van der Waals surface area contributed by atoms with Gasteiger partial charge in [-0.2, -0.15) is 10.4 Å². The van der Waals surface area contributed by atoms with E-state index in [1.54, 1.807) is 4.52 Å². The van der Waals surface area contributed by atoms with Crippen LogP contribution in [0.15, 0.2) is 15.8 Å². The second kappa shape index (κ2) is 9.05. The van der Waals surface area contributed by atoms with E-state index in [2.05, 4.69) is 21.1 Å². The van der Waals surface area contributed by atoms with Crippen molar-refractivity contribution in [2.24, 2.45) is 0 Å². The van der Waals surface area contributed by atoms with Gasteiger partial charge in [0.2, 0.25) is 5.91 Å². The molecule has 11 nitrogen and oxygen atoms in total. The topological polar surface area (TPSA) is 155 Å². The first kappa shape index (κ1) is 22.7. The summed E-state index contributed by atoms with van der Waals surface area (Å²) in [5.74, 6) is -0.362. The van der Waals surface area contributed by atoms with Crippen LogP contribution in [-0.4, -0.2) is 37.1 Å². The van der Waals surface area contributed by atoms with Crippen LogP contribution < -0.4 is 21.9 Å². The lowest BCUT2D eigenvalue weighted by Crippen LogP contribution is -2.39. The summed E-state index contributed by atoms with van der Waals surface area (Å²) >= 11 is 0. The van der Waals surface area contributed by atoms with Crippen molar-refractivity contribution < 1.29 is 4.79 Å². The molecule has 1 amide bonds. The Balaban J connectivity index is 1.87. The van der Waals surface area contributed by atoms with Crippen molar-refractivity contribution in [3.63, 3.8) is 0 Å². The highest BCUT2D eigenvalue weighted by Crippen LogP contribution is 2.20. The fourth-order valence-electron chi connectivity index (χ4n) is 3.72. The first-order valence-electron chi connectivity index (χ1n) is 10.3. The number of aromatic nitrogens is 5. The monoisotopic (exact) mass is 438 g/mol. The fourth-order valence-corrected chi connectivity index (χ4v) is 3.72. The van der Waals surface area contributed by atoms with Gasteiger partial charge in [-0.1, -0.05) is 13.3 Å². The number of nitrogens with one attached hydrogen (secondary N) is 1. The molecule has 3 rings (SSSR count). The highest BCUT2D eigenvalue weighted by atomic mass is 16.2. The highest BCUT2D eigenvalue weighted by Gasteiger charge is 2.22. The maximum atomic E-state index is 12.9. The van der Waals surface area contributed by atoms with Crippen LogP contribution in [0.4, 0.5) is 11.5 Å². The number of hydrogen-bond donors (Lipinski definition) is 2. The Bertz CT molecular complexity index is 1340. The van der Waals surface area contributed by atoms with Gasteiger partial charge in [0, 0.05) is 31.4 Å². The van der Waals surface area contributed by atoms with Crippen molar-refractivity contribution in [2.45, 2.75) is 53.0 Å². The second-order valence-corrected chi connectivity index (χ2v) is 7.62. The van der Waals surface area contributed by atoms with E-state index in [9.17, 15) is 19.6 Å². The third-order valence-corrected chi connectivity index (χ3v) is 5.58. The van der Waals surface area contributed by atoms with E-state index >= 15 is 0 Å². The predicted octanol–water partition coefficient (Wildman–Crippen LogP) is 1.05. The number of nitriles is 1. The molecule has 168 valence electrons. The Hall–Kier alpha value is -3.94. The number of carbonyl (C=O) groups is 1. The maximum absolute atomic E-state index is 12.9. The first-order chi connectivity index (χ1) is 15.2. The van der Waals surface area contributed by atoms with E-state index < -0.39 is 11.2 Å². The summed E-state index contributed by atoms with van der Waals surface area (Å²) in [7, 11) is 1.46. The first-order valence-corrected chi connectivity index (χ1v) is 10.3. The van der Waals surface area contributed by atoms with Crippen molar-refractivity contribution in [3.05, 3.63) is 49.5 Å². The van der Waals surface area contributed by atoms with Crippen LogP contribution in [-0.2, 0) is 17.8 Å². The van der Waals surface area contributed by atoms with E-state index in [0.717, 1.165) is 17.7 Å². The lowest BCUT2D eigenvalue weighted by Gasteiger charge is -2.20. The zero-order valence-electron chi connectivity index (χ0n) is 18.6. The van der Waals surface area contributed by atoms with E-state index in [0.29, 0.717) is 36.3 Å². The molecule has 0 aromatic carbocycles. The van der Waals surface area contributed by atoms with E-state index in [4.69, 9.17) is 5.73 Å². The van der Waals surface area contributed by atoms with Crippen molar-refractivity contribution in [2.75, 3.05) is 17.7 Å². The summed E-state index contributed by atoms with van der Waals surface area (Å²) in [6.07, 6.45) is 3.46. The molecule has 0 radical (unpaired) electrons. The lowest BCUT2D eigenvalue weighted by atomic mass is 10.1. The molecule has 0 unspecified atom stereocenters. The lowest BCUT2D eigenvalue weighted by molar-refractivity contribution is -0.118. The standard InChI is InChI=1S/C21H26N8O3/c1-5-6-9-28-18(23)17(20(31)26-21(28)32)27(4)16(30)8-7-15-12(2)25-19-14(10-22)11-24-29(19)13(15)3/h11H,5-9,23H2,1-4H3,(H,26,31,32). The van der Waals surface area contributed by atoms with Crippen molar-refractivity contribution in [1.29, 1.82) is 5.26 Å². The van der Waals surface area contributed by atoms with Gasteiger partial charge in [-0.05, 0) is 32.3 Å². The molecule has 3 N–H and O–H groups in total. The molecule has 0 saturated heterocycles. The minimum absolute atomic E-state index is 0.0286. The van der Waals surface area contributed by atoms with E-state index in [-0.39, 0.29) is 23.8 Å². The van der Waals surface area contributed by atoms with Gasteiger partial charge in [0.15, 0.2) is 11.3 Å². The van der Waals surface area contributed by atoms with Gasteiger partial charge in [0.1, 0.15) is 17.5 Å². The minimum atomic E-state index is -0.702. The molecule has 3 heterocycles. The summed E-state index contributed by atoms with van der Waals surface area (Å²) in [4.78, 5) is 45.3. The van der Waals surface area contributed by atoms with Gasteiger partial charge < -0.3 is 10.6 Å². The summed E-state index contributed by atoms with van der Waals surface area (Å²) in [5.41, 5.74) is 7.94. The number of nitrogens with zero attached hydrogens (tertiary/aromatic N) is 6. The SMILES string of the molecule is CCCCn1c(N)c(N(C)C(=O)CCc2c(C)nc3c(C#N)cnn3c2C)c(=O)[nH]c1=O. The molecular weight excluding hydrogens is 412 g/mol. The number of carbonyl (C=O) groups excluding carboxylic acids is 1. The number of rotatable bonds is 7. The number of hydrogen-bond acceptors (Lipinski definition) is 7. The zero-order chi connectivity index (χ0) is 23.6. The molecule has 32 heavy (non-hydrogen) atoms. The molecular formula is C21H26N8O3. The van der Waals surface area contributed by atoms with Crippen LogP contribution in [0.2, 0.25) is 0 Å². The van der Waals surface area contributed by atoms with Crippen LogP contribution >= 0.6 is 0 Å². The van der Waals surface area contributed by atoms with Gasteiger partial charge in [0.25, 0.3) is 5.56 Å². The number of aromatic amines is 1. The number of nitrogens with two attached hydrogens (primary N) is 1. The molecule has 0 bridgehead atoms. The summed E-state index contributed by atoms with van der Waals surface area (Å²) < 4.78 is 2.86. The number of fused-ring (bicyclic) bond motifs is 1. The number of anilines is 2. The third-order valence-electron chi connectivity index (χ3n) is 5.58. The largest absolute Gasteiger partial charge is 0.383 e. The Morgan fingerprint density at radius 1 is 1.34 bits per heavy atom. The van der Waals surface area contributed by atoms with Crippen LogP contribution in [0.5, 0.6) is 0 Å². The van der Waals surface area contributed by atoms with Gasteiger partial charge >= 0.3 is 5.69 Å². The van der Waals surface area contributed by atoms with Gasteiger partial charge in [-0.3, -0.25) is 19.1 Å². The molecule has 0 aliphatic carbocycles. The number of H-pyrrole nitrogens is 1. The molecule has 0 aliphatic heterocycles. The Morgan fingerprint density at radius 2 is 2.06 bits per heavy atom. The van der Waals surface area contributed by atoms with Crippen molar-refractivity contribution >= 4 is 23.1 Å². The smallest absolute Gasteiger partial charge is 0.330 e. The minimum Gasteiger partial charge on any atom is -0.383 e. The van der Waals surface area contributed by atoms with E-state index in [1.165, 1.54) is 22.7 Å². The molecule has 0 aliphatic rings. The maximum Gasteiger partial charge on any atom is 0.330 e. The highest BCUT2D eigenvalue weighted by molar-refractivity contribution is 5.95. The molecule has 0 atom stereocenters. The van der Waals surface area contributed by atoms with Crippen LogP contribution in [0.3, 0.4) is 0 Å².